The normalized spacial score (nSPS) is 9.86. The number of nitrogens with two attached hydrogens (primary N) is 1. The summed E-state index contributed by atoms with van der Waals surface area (Å²) in [6.07, 6.45) is 0. The molecular weight excluding hydrogens is 208 g/mol. The molecule has 2 N–H and O–H groups in total. The molecule has 1 aromatic rings. The van der Waals surface area contributed by atoms with E-state index in [9.17, 15) is 14.9 Å². The molecule has 5 nitrogen and oxygen atoms in total. The Hall–Kier alpha value is -1.62. The Balaban J connectivity index is 3.47. The lowest BCUT2D eigenvalue weighted by Crippen LogP contribution is -2.12. The summed E-state index contributed by atoms with van der Waals surface area (Å²) in [4.78, 5) is 20.7. The predicted molar refractivity (Wildman–Crippen MR) is 51.4 cm³/mol. The van der Waals surface area contributed by atoms with Gasteiger partial charge in [-0.2, -0.15) is 0 Å². The molecule has 0 spiro atoms. The van der Waals surface area contributed by atoms with Crippen LogP contribution in [0.5, 0.6) is 0 Å². The quantitative estimate of drug-likeness (QED) is 0.600. The number of primary amides is 1. The number of halogens is 1. The van der Waals surface area contributed by atoms with E-state index in [0.29, 0.717) is 5.56 Å². The van der Waals surface area contributed by atoms with Gasteiger partial charge in [0.2, 0.25) is 5.91 Å². The Bertz CT molecular complexity index is 382. The zero-order chi connectivity index (χ0) is 10.9. The fourth-order valence-corrected chi connectivity index (χ4v) is 1.33. The molecule has 74 valence electrons. The van der Waals surface area contributed by atoms with E-state index in [0.717, 1.165) is 0 Å². The van der Waals surface area contributed by atoms with Crippen molar-refractivity contribution >= 4 is 23.2 Å². The average Bonchev–Trinajstić information content (AvgIpc) is 2.07. The average molecular weight is 215 g/mol. The lowest BCUT2D eigenvalue weighted by molar-refractivity contribution is -0.384. The smallest absolute Gasteiger partial charge is 0.288 e. The Morgan fingerprint density at radius 1 is 1.57 bits per heavy atom. The van der Waals surface area contributed by atoms with Gasteiger partial charge in [0, 0.05) is 6.07 Å². The molecule has 0 saturated carbocycles. The Labute approximate surface area is 84.6 Å². The molecule has 0 saturated heterocycles. The van der Waals surface area contributed by atoms with Crippen LogP contribution in [-0.2, 0) is 0 Å². The number of nitrogens with zero attached hydrogens (tertiary/aromatic N) is 1. The third-order valence-electron chi connectivity index (χ3n) is 1.66. The number of amides is 1. The van der Waals surface area contributed by atoms with Gasteiger partial charge in [0.1, 0.15) is 5.02 Å². The summed E-state index contributed by atoms with van der Waals surface area (Å²) in [5.41, 5.74) is 5.24. The maximum atomic E-state index is 10.9. The van der Waals surface area contributed by atoms with Crippen LogP contribution in [0.2, 0.25) is 5.02 Å². The molecule has 0 radical (unpaired) electrons. The number of benzene rings is 1. The molecule has 14 heavy (non-hydrogen) atoms. The van der Waals surface area contributed by atoms with Crippen molar-refractivity contribution in [2.45, 2.75) is 6.92 Å². The molecule has 0 bridgehead atoms. The molecule has 1 aromatic carbocycles. The van der Waals surface area contributed by atoms with Crippen molar-refractivity contribution in [1.82, 2.24) is 0 Å². The zero-order valence-electron chi connectivity index (χ0n) is 7.28. The highest BCUT2D eigenvalue weighted by Gasteiger charge is 2.19. The number of nitro benzene ring substituents is 1. The van der Waals surface area contributed by atoms with Crippen LogP contribution in [0, 0.1) is 17.0 Å². The van der Waals surface area contributed by atoms with Crippen molar-refractivity contribution < 1.29 is 9.72 Å². The number of rotatable bonds is 2. The molecule has 0 unspecified atom stereocenters. The number of hydrogen-bond acceptors (Lipinski definition) is 3. The van der Waals surface area contributed by atoms with Crippen LogP contribution in [0.1, 0.15) is 15.9 Å². The van der Waals surface area contributed by atoms with Crippen LogP contribution in [0.4, 0.5) is 5.69 Å². The van der Waals surface area contributed by atoms with Crippen LogP contribution in [0.3, 0.4) is 0 Å². The van der Waals surface area contributed by atoms with Crippen molar-refractivity contribution in [3.8, 4) is 0 Å². The summed E-state index contributed by atoms with van der Waals surface area (Å²) >= 11 is 5.63. The van der Waals surface area contributed by atoms with Crippen LogP contribution >= 0.6 is 11.6 Å². The van der Waals surface area contributed by atoms with E-state index in [1.807, 2.05) is 0 Å². The minimum absolute atomic E-state index is 0.0293. The van der Waals surface area contributed by atoms with E-state index in [1.165, 1.54) is 12.1 Å². The zero-order valence-corrected chi connectivity index (χ0v) is 8.04. The number of hydrogen-bond donors (Lipinski definition) is 1. The van der Waals surface area contributed by atoms with Gasteiger partial charge in [0.05, 0.1) is 10.5 Å². The third kappa shape index (κ3) is 1.82. The first-order valence-electron chi connectivity index (χ1n) is 3.68. The minimum atomic E-state index is -0.776. The van der Waals surface area contributed by atoms with Gasteiger partial charge in [-0.15, -0.1) is 0 Å². The van der Waals surface area contributed by atoms with Gasteiger partial charge in [-0.25, -0.2) is 0 Å². The number of carbonyl (C=O) groups is 1. The topological polar surface area (TPSA) is 86.2 Å². The maximum Gasteiger partial charge on any atom is 0.288 e. The fourth-order valence-electron chi connectivity index (χ4n) is 1.06. The van der Waals surface area contributed by atoms with Gasteiger partial charge in [-0.05, 0) is 18.6 Å². The number of carbonyl (C=O) groups excluding carboxylic acids is 1. The highest BCUT2D eigenvalue weighted by molar-refractivity contribution is 6.35. The molecule has 6 heteroatoms. The van der Waals surface area contributed by atoms with E-state index < -0.39 is 10.8 Å². The highest BCUT2D eigenvalue weighted by atomic mass is 35.5. The summed E-state index contributed by atoms with van der Waals surface area (Å²) in [7, 11) is 0. The van der Waals surface area contributed by atoms with Gasteiger partial charge >= 0.3 is 0 Å². The largest absolute Gasteiger partial charge is 0.366 e. The van der Waals surface area contributed by atoms with Crippen molar-refractivity contribution in [3.63, 3.8) is 0 Å². The number of nitro groups is 1. The minimum Gasteiger partial charge on any atom is -0.366 e. The standard InChI is InChI=1S/C8H7ClN2O3/c1-4-2-5(8(10)12)7(9)6(3-4)11(13)14/h2-3H,1H3,(H2,10,12). The van der Waals surface area contributed by atoms with E-state index in [4.69, 9.17) is 17.3 Å². The van der Waals surface area contributed by atoms with Crippen LogP contribution in [-0.4, -0.2) is 10.8 Å². The first kappa shape index (κ1) is 10.5. The summed E-state index contributed by atoms with van der Waals surface area (Å²) in [5.74, 6) is -0.776. The second-order valence-corrected chi connectivity index (χ2v) is 3.14. The lowest BCUT2D eigenvalue weighted by atomic mass is 10.1. The molecule has 0 fully saturated rings. The molecule has 0 aliphatic carbocycles. The molecule has 0 aliphatic rings. The molecule has 0 heterocycles. The van der Waals surface area contributed by atoms with E-state index in [2.05, 4.69) is 0 Å². The van der Waals surface area contributed by atoms with Crippen molar-refractivity contribution in [1.29, 1.82) is 0 Å². The Morgan fingerprint density at radius 3 is 2.57 bits per heavy atom. The van der Waals surface area contributed by atoms with Gasteiger partial charge < -0.3 is 5.73 Å². The van der Waals surface area contributed by atoms with E-state index in [-0.39, 0.29) is 16.3 Å². The molecule has 1 rings (SSSR count). The van der Waals surface area contributed by atoms with Gasteiger partial charge in [0.25, 0.3) is 5.69 Å². The molecular formula is C8H7ClN2O3. The molecule has 0 atom stereocenters. The van der Waals surface area contributed by atoms with E-state index >= 15 is 0 Å². The fraction of sp³-hybridized carbons (Fsp3) is 0.125. The van der Waals surface area contributed by atoms with Gasteiger partial charge in [0.15, 0.2) is 0 Å². The molecule has 0 aliphatic heterocycles. The molecule has 1 amide bonds. The van der Waals surface area contributed by atoms with Crippen molar-refractivity contribution in [3.05, 3.63) is 38.4 Å². The SMILES string of the molecule is Cc1cc(C(N)=O)c(Cl)c([N+](=O)[O-])c1. The van der Waals surface area contributed by atoms with Crippen LogP contribution < -0.4 is 5.73 Å². The highest BCUT2D eigenvalue weighted by Crippen LogP contribution is 2.29. The van der Waals surface area contributed by atoms with Crippen molar-refractivity contribution in [2.24, 2.45) is 5.73 Å². The predicted octanol–water partition coefficient (Wildman–Crippen LogP) is 1.66. The van der Waals surface area contributed by atoms with Crippen LogP contribution in [0.25, 0.3) is 0 Å². The first-order valence-corrected chi connectivity index (χ1v) is 4.05. The van der Waals surface area contributed by atoms with E-state index in [1.54, 1.807) is 6.92 Å². The number of aryl methyl sites for hydroxylation is 1. The lowest BCUT2D eigenvalue weighted by Gasteiger charge is -2.02. The summed E-state index contributed by atoms with van der Waals surface area (Å²) < 4.78 is 0. The first-order chi connectivity index (χ1) is 6.43. The summed E-state index contributed by atoms with van der Waals surface area (Å²) in [6.45, 7) is 1.62. The monoisotopic (exact) mass is 214 g/mol. The van der Waals surface area contributed by atoms with Gasteiger partial charge in [-0.1, -0.05) is 11.6 Å². The van der Waals surface area contributed by atoms with Crippen molar-refractivity contribution in [2.75, 3.05) is 0 Å². The third-order valence-corrected chi connectivity index (χ3v) is 2.06. The second-order valence-electron chi connectivity index (χ2n) is 2.77. The Kier molecular flexibility index (Phi) is 2.71. The maximum absolute atomic E-state index is 10.9. The molecule has 0 aromatic heterocycles. The summed E-state index contributed by atoms with van der Waals surface area (Å²) in [5, 5.41) is 10.3. The Morgan fingerprint density at radius 2 is 2.14 bits per heavy atom. The summed E-state index contributed by atoms with van der Waals surface area (Å²) in [6, 6.07) is 2.70. The van der Waals surface area contributed by atoms with Gasteiger partial charge in [-0.3, -0.25) is 14.9 Å². The van der Waals surface area contributed by atoms with Crippen LogP contribution in [0.15, 0.2) is 12.1 Å². The second kappa shape index (κ2) is 3.63.